The number of rotatable bonds is 8. The summed E-state index contributed by atoms with van der Waals surface area (Å²) in [6.45, 7) is 0.796. The minimum absolute atomic E-state index is 0.0146. The number of carboxylic acid groups (broad SMARTS) is 1. The van der Waals surface area contributed by atoms with E-state index in [1.165, 1.54) is 13.0 Å². The lowest BCUT2D eigenvalue weighted by Gasteiger charge is -2.55. The van der Waals surface area contributed by atoms with E-state index in [0.717, 1.165) is 23.8 Å². The second kappa shape index (κ2) is 8.50. The molecule has 0 aliphatic carbocycles. The monoisotopic (exact) mass is 462 g/mol. The standard InChI is InChI=1S/C15H18N4O9S2/c1-3-30(25,26)8(4-16)10(20)18-15(27-2)12(23)19-9(11(21)22)7(5-28-14(17)24)6-29-13(15)19/h8,13H,3,5-6H2,1-2H3,(H2,17,24)(H,18,20)(H,21,22)/t8?,13-,15-/m0/s1. The lowest BCUT2D eigenvalue weighted by molar-refractivity contribution is -0.192. The van der Waals surface area contributed by atoms with E-state index in [2.05, 4.69) is 10.1 Å². The zero-order valence-electron chi connectivity index (χ0n) is 15.8. The van der Waals surface area contributed by atoms with E-state index in [1.807, 2.05) is 0 Å². The number of nitrogens with zero attached hydrogens (tertiary/aromatic N) is 2. The molecular formula is C15H18N4O9S2. The number of aliphatic carboxylic acids is 1. The zero-order valence-corrected chi connectivity index (χ0v) is 17.4. The first-order valence-electron chi connectivity index (χ1n) is 8.28. The van der Waals surface area contributed by atoms with Gasteiger partial charge >= 0.3 is 12.1 Å². The lowest BCUT2D eigenvalue weighted by atomic mass is 9.98. The molecule has 0 aromatic heterocycles. The molecule has 0 bridgehead atoms. The Balaban J connectivity index is 2.36. The average molecular weight is 462 g/mol. The predicted octanol–water partition coefficient (Wildman–Crippen LogP) is -1.88. The first-order chi connectivity index (χ1) is 14.0. The smallest absolute Gasteiger partial charge is 0.404 e. The van der Waals surface area contributed by atoms with Crippen molar-refractivity contribution in [3.8, 4) is 6.07 Å². The van der Waals surface area contributed by atoms with Crippen LogP contribution in [0.1, 0.15) is 6.92 Å². The third-order valence-corrected chi connectivity index (χ3v) is 7.67. The average Bonchev–Trinajstić information content (AvgIpc) is 2.69. The number of methoxy groups -OCH3 is 1. The largest absolute Gasteiger partial charge is 0.477 e. The van der Waals surface area contributed by atoms with Gasteiger partial charge in [0.05, 0.1) is 6.07 Å². The molecule has 2 rings (SSSR count). The van der Waals surface area contributed by atoms with E-state index < -0.39 is 68.1 Å². The highest BCUT2D eigenvalue weighted by Crippen LogP contribution is 2.46. The molecule has 0 aromatic rings. The fourth-order valence-corrected chi connectivity index (χ4v) is 5.23. The molecule has 0 saturated carbocycles. The number of hydrogen-bond acceptors (Lipinski definition) is 10. The van der Waals surface area contributed by atoms with Gasteiger partial charge in [0.15, 0.2) is 9.84 Å². The Morgan fingerprint density at radius 2 is 2.13 bits per heavy atom. The van der Waals surface area contributed by atoms with Crippen molar-refractivity contribution < 1.29 is 42.2 Å². The lowest BCUT2D eigenvalue weighted by Crippen LogP contribution is -2.81. The van der Waals surface area contributed by atoms with Crippen molar-refractivity contribution in [1.29, 1.82) is 5.26 Å². The van der Waals surface area contributed by atoms with Crippen LogP contribution >= 0.6 is 11.8 Å². The van der Waals surface area contributed by atoms with Gasteiger partial charge < -0.3 is 25.6 Å². The number of carbonyl (C=O) groups excluding carboxylic acids is 3. The first kappa shape index (κ1) is 23.4. The maximum absolute atomic E-state index is 12.8. The van der Waals surface area contributed by atoms with Crippen molar-refractivity contribution in [3.05, 3.63) is 11.3 Å². The topological polar surface area (TPSA) is 206 Å². The molecule has 15 heteroatoms. The van der Waals surface area contributed by atoms with E-state index >= 15 is 0 Å². The molecule has 3 atom stereocenters. The number of hydrogen-bond donors (Lipinski definition) is 3. The molecule has 13 nitrogen and oxygen atoms in total. The highest BCUT2D eigenvalue weighted by atomic mass is 32.2. The van der Waals surface area contributed by atoms with Crippen molar-refractivity contribution in [1.82, 2.24) is 10.2 Å². The minimum Gasteiger partial charge on any atom is -0.477 e. The van der Waals surface area contributed by atoms with E-state index in [0.29, 0.717) is 0 Å². The van der Waals surface area contributed by atoms with Gasteiger partial charge in [-0.05, 0) is 0 Å². The van der Waals surface area contributed by atoms with E-state index in [4.69, 9.17) is 15.7 Å². The van der Waals surface area contributed by atoms with E-state index in [1.54, 1.807) is 0 Å². The van der Waals surface area contributed by atoms with Gasteiger partial charge in [-0.15, -0.1) is 11.8 Å². The van der Waals surface area contributed by atoms with Gasteiger partial charge in [-0.25, -0.2) is 18.0 Å². The molecule has 0 spiro atoms. The number of fused-ring (bicyclic) bond motifs is 1. The van der Waals surface area contributed by atoms with Gasteiger partial charge in [0.1, 0.15) is 17.7 Å². The molecule has 2 aliphatic rings. The van der Waals surface area contributed by atoms with Gasteiger partial charge in [0.2, 0.25) is 5.25 Å². The second-order valence-corrected chi connectivity index (χ2v) is 9.54. The van der Waals surface area contributed by atoms with Crippen LogP contribution in [0.15, 0.2) is 11.3 Å². The van der Waals surface area contributed by atoms with Crippen LogP contribution in [0.3, 0.4) is 0 Å². The summed E-state index contributed by atoms with van der Waals surface area (Å²) < 4.78 is 33.7. The molecule has 30 heavy (non-hydrogen) atoms. The van der Waals surface area contributed by atoms with Gasteiger partial charge in [-0.2, -0.15) is 5.26 Å². The molecule has 164 valence electrons. The van der Waals surface area contributed by atoms with Crippen LogP contribution in [0.4, 0.5) is 4.79 Å². The summed E-state index contributed by atoms with van der Waals surface area (Å²) in [7, 11) is -3.02. The Labute approximate surface area is 175 Å². The maximum atomic E-state index is 12.8. The number of thioether (sulfide) groups is 1. The quantitative estimate of drug-likeness (QED) is 0.269. The van der Waals surface area contributed by atoms with Gasteiger partial charge in [-0.3, -0.25) is 14.5 Å². The number of nitrogens with one attached hydrogen (secondary N) is 1. The molecule has 1 saturated heterocycles. The van der Waals surface area contributed by atoms with Crippen LogP contribution in [-0.4, -0.2) is 83.9 Å². The number of β-lactam (4-membered cyclic amide) rings is 1. The molecule has 1 unspecified atom stereocenters. The van der Waals surface area contributed by atoms with Crippen LogP contribution in [0.25, 0.3) is 0 Å². The third kappa shape index (κ3) is 3.80. The number of carboxylic acids is 1. The Hall–Kier alpha value is -2.83. The fraction of sp³-hybridized carbons (Fsp3) is 0.533. The number of nitriles is 1. The molecule has 2 heterocycles. The molecule has 0 aromatic carbocycles. The van der Waals surface area contributed by atoms with Crippen molar-refractivity contribution in [2.24, 2.45) is 5.73 Å². The number of amides is 3. The summed E-state index contributed by atoms with van der Waals surface area (Å²) in [6.07, 6.45) is -1.13. The van der Waals surface area contributed by atoms with Gasteiger partial charge in [-0.1, -0.05) is 6.92 Å². The maximum Gasteiger partial charge on any atom is 0.404 e. The van der Waals surface area contributed by atoms with Crippen molar-refractivity contribution in [2.45, 2.75) is 23.3 Å². The Morgan fingerprint density at radius 3 is 2.60 bits per heavy atom. The fourth-order valence-electron chi connectivity index (χ4n) is 2.93. The molecule has 1 fully saturated rings. The minimum atomic E-state index is -4.09. The summed E-state index contributed by atoms with van der Waals surface area (Å²) in [5.41, 5.74) is 2.43. The first-order valence-corrected chi connectivity index (χ1v) is 11.0. The molecule has 4 N–H and O–H groups in total. The molecule has 0 radical (unpaired) electrons. The highest BCUT2D eigenvalue weighted by Gasteiger charge is 2.67. The number of nitrogens with two attached hydrogens (primary N) is 1. The van der Waals surface area contributed by atoms with Crippen LogP contribution in [0, 0.1) is 11.3 Å². The van der Waals surface area contributed by atoms with Gasteiger partial charge in [0, 0.05) is 24.2 Å². The van der Waals surface area contributed by atoms with Crippen LogP contribution in [0.5, 0.6) is 0 Å². The van der Waals surface area contributed by atoms with Crippen molar-refractivity contribution in [3.63, 3.8) is 0 Å². The van der Waals surface area contributed by atoms with E-state index in [-0.39, 0.29) is 11.3 Å². The second-order valence-electron chi connectivity index (χ2n) is 6.09. The Kier molecular flexibility index (Phi) is 6.64. The van der Waals surface area contributed by atoms with Crippen LogP contribution in [0.2, 0.25) is 0 Å². The molecule has 2 aliphatic heterocycles. The summed E-state index contributed by atoms with van der Waals surface area (Å²) in [5, 5.41) is 17.6. The summed E-state index contributed by atoms with van der Waals surface area (Å²) in [4.78, 5) is 48.6. The summed E-state index contributed by atoms with van der Waals surface area (Å²) in [5.74, 6) is -4.24. The number of carbonyl (C=O) groups is 4. The predicted molar refractivity (Wildman–Crippen MR) is 100 cm³/mol. The normalized spacial score (nSPS) is 24.2. The van der Waals surface area contributed by atoms with Gasteiger partial charge in [0.25, 0.3) is 17.5 Å². The number of sulfone groups is 1. The Bertz CT molecular complexity index is 971. The van der Waals surface area contributed by atoms with Crippen molar-refractivity contribution >= 4 is 45.5 Å². The van der Waals surface area contributed by atoms with Crippen molar-refractivity contribution in [2.75, 3.05) is 25.2 Å². The third-order valence-electron chi connectivity index (χ3n) is 4.45. The highest BCUT2D eigenvalue weighted by molar-refractivity contribution is 8.00. The van der Waals surface area contributed by atoms with E-state index in [9.17, 15) is 32.7 Å². The molecular weight excluding hydrogens is 444 g/mol. The number of primary amides is 1. The zero-order chi connectivity index (χ0) is 22.9. The SMILES string of the molecule is CCS(=O)(=O)C(C#N)C(=O)N[C@]1(OC)C(=O)N2C(C(=O)O)=C(COC(N)=O)CS[C@H]21. The van der Waals surface area contributed by atoms with Crippen LogP contribution < -0.4 is 11.1 Å². The molecule has 3 amide bonds. The van der Waals surface area contributed by atoms with Crippen LogP contribution in [-0.2, 0) is 33.7 Å². The summed E-state index contributed by atoms with van der Waals surface area (Å²) in [6, 6.07) is 1.39. The number of ether oxygens (including phenoxy) is 2. The summed E-state index contributed by atoms with van der Waals surface area (Å²) >= 11 is 0.983. The Morgan fingerprint density at radius 1 is 1.50 bits per heavy atom.